The fraction of sp³-hybridized carbons (Fsp3) is 0.250. The molecule has 0 aliphatic carbocycles. The Kier molecular flexibility index (Phi) is 4.46. The fourth-order valence-corrected chi connectivity index (χ4v) is 1.71. The topological polar surface area (TPSA) is 50.7 Å². The van der Waals surface area contributed by atoms with Crippen LogP contribution in [0.15, 0.2) is 42.1 Å². The first kappa shape index (κ1) is 12.0. The van der Waals surface area contributed by atoms with E-state index in [-0.39, 0.29) is 0 Å². The zero-order chi connectivity index (χ0) is 11.9. The molecule has 2 aromatic heterocycles. The van der Waals surface area contributed by atoms with Gasteiger partial charge in [-0.2, -0.15) is 0 Å². The van der Waals surface area contributed by atoms with Crippen LogP contribution in [0.3, 0.4) is 0 Å². The molecule has 0 bridgehead atoms. The lowest BCUT2D eigenvalue weighted by molar-refractivity contribution is 0.684. The Hall–Kier alpha value is -1.46. The van der Waals surface area contributed by atoms with E-state index in [9.17, 15) is 0 Å². The lowest BCUT2D eigenvalue weighted by atomic mass is 10.2. The molecule has 0 amide bonds. The number of nitrogens with one attached hydrogen (secondary N) is 1. The van der Waals surface area contributed by atoms with Gasteiger partial charge in [0.25, 0.3) is 0 Å². The average Bonchev–Trinajstić information content (AvgIpc) is 2.41. The van der Waals surface area contributed by atoms with Gasteiger partial charge in [-0.3, -0.25) is 4.98 Å². The van der Waals surface area contributed by atoms with Gasteiger partial charge < -0.3 is 5.32 Å². The SMILES string of the molecule is CSc1ncc(CNCc2ccncc2)cn1. The molecule has 5 heteroatoms. The van der Waals surface area contributed by atoms with Gasteiger partial charge in [-0.1, -0.05) is 11.8 Å². The van der Waals surface area contributed by atoms with Gasteiger partial charge in [-0.25, -0.2) is 9.97 Å². The van der Waals surface area contributed by atoms with Crippen LogP contribution in [0.1, 0.15) is 11.1 Å². The summed E-state index contributed by atoms with van der Waals surface area (Å²) in [6.45, 7) is 1.60. The molecule has 0 radical (unpaired) electrons. The largest absolute Gasteiger partial charge is 0.309 e. The van der Waals surface area contributed by atoms with Gasteiger partial charge in [0.1, 0.15) is 0 Å². The maximum absolute atomic E-state index is 4.22. The monoisotopic (exact) mass is 246 g/mol. The van der Waals surface area contributed by atoms with Crippen molar-refractivity contribution in [3.05, 3.63) is 48.0 Å². The molecule has 0 aliphatic heterocycles. The summed E-state index contributed by atoms with van der Waals surface area (Å²) >= 11 is 1.55. The summed E-state index contributed by atoms with van der Waals surface area (Å²) in [5, 5.41) is 4.15. The number of hydrogen-bond donors (Lipinski definition) is 1. The van der Waals surface area contributed by atoms with Gasteiger partial charge >= 0.3 is 0 Å². The highest BCUT2D eigenvalue weighted by Gasteiger charge is 1.96. The van der Waals surface area contributed by atoms with Gasteiger partial charge in [0, 0.05) is 43.4 Å². The summed E-state index contributed by atoms with van der Waals surface area (Å²) in [6.07, 6.45) is 9.29. The zero-order valence-electron chi connectivity index (χ0n) is 9.63. The van der Waals surface area contributed by atoms with Crippen LogP contribution in [0.5, 0.6) is 0 Å². The Morgan fingerprint density at radius 3 is 2.35 bits per heavy atom. The molecule has 1 N–H and O–H groups in total. The minimum Gasteiger partial charge on any atom is -0.309 e. The minimum absolute atomic E-state index is 0.775. The van der Waals surface area contributed by atoms with Crippen molar-refractivity contribution in [3.8, 4) is 0 Å². The van der Waals surface area contributed by atoms with E-state index < -0.39 is 0 Å². The Labute approximate surface area is 105 Å². The van der Waals surface area contributed by atoms with Crippen LogP contribution >= 0.6 is 11.8 Å². The number of nitrogens with zero attached hydrogens (tertiary/aromatic N) is 3. The van der Waals surface area contributed by atoms with E-state index in [1.54, 1.807) is 24.2 Å². The molecule has 0 spiro atoms. The lowest BCUT2D eigenvalue weighted by Gasteiger charge is -2.04. The third-order valence-corrected chi connectivity index (χ3v) is 2.85. The summed E-state index contributed by atoms with van der Waals surface area (Å²) in [5.41, 5.74) is 2.32. The molecule has 2 aromatic rings. The van der Waals surface area contributed by atoms with Crippen molar-refractivity contribution in [2.45, 2.75) is 18.2 Å². The predicted octanol–water partition coefficient (Wildman–Crippen LogP) is 1.88. The molecular weight excluding hydrogens is 232 g/mol. The molecule has 0 atom stereocenters. The first-order chi connectivity index (χ1) is 8.38. The van der Waals surface area contributed by atoms with Crippen LogP contribution in [0, 0.1) is 0 Å². The molecule has 17 heavy (non-hydrogen) atoms. The second-order valence-electron chi connectivity index (χ2n) is 3.54. The predicted molar refractivity (Wildman–Crippen MR) is 68.6 cm³/mol. The van der Waals surface area contributed by atoms with Crippen LogP contribution < -0.4 is 5.32 Å². The van der Waals surface area contributed by atoms with Crippen molar-refractivity contribution >= 4 is 11.8 Å². The summed E-state index contributed by atoms with van der Waals surface area (Å²) in [5.74, 6) is 0. The van der Waals surface area contributed by atoms with Crippen LogP contribution in [-0.2, 0) is 13.1 Å². The number of hydrogen-bond acceptors (Lipinski definition) is 5. The van der Waals surface area contributed by atoms with Crippen molar-refractivity contribution < 1.29 is 0 Å². The molecule has 2 heterocycles. The average molecular weight is 246 g/mol. The molecule has 0 saturated heterocycles. The lowest BCUT2D eigenvalue weighted by Crippen LogP contribution is -2.13. The van der Waals surface area contributed by atoms with Gasteiger partial charge in [0.2, 0.25) is 0 Å². The standard InChI is InChI=1S/C12H14N4S/c1-17-12-15-8-11(9-16-12)7-14-6-10-2-4-13-5-3-10/h2-5,8-9,14H,6-7H2,1H3. The first-order valence-corrected chi connectivity index (χ1v) is 6.55. The van der Waals surface area contributed by atoms with E-state index in [2.05, 4.69) is 20.3 Å². The molecule has 0 aliphatic rings. The molecule has 0 saturated carbocycles. The zero-order valence-corrected chi connectivity index (χ0v) is 10.4. The smallest absolute Gasteiger partial charge is 0.187 e. The van der Waals surface area contributed by atoms with E-state index in [4.69, 9.17) is 0 Å². The molecule has 0 aromatic carbocycles. The highest BCUT2D eigenvalue weighted by molar-refractivity contribution is 7.98. The van der Waals surface area contributed by atoms with E-state index in [1.807, 2.05) is 30.8 Å². The molecule has 0 fully saturated rings. The normalized spacial score (nSPS) is 10.4. The maximum Gasteiger partial charge on any atom is 0.187 e. The maximum atomic E-state index is 4.22. The number of rotatable bonds is 5. The second-order valence-corrected chi connectivity index (χ2v) is 4.31. The Balaban J connectivity index is 1.82. The third kappa shape index (κ3) is 3.80. The summed E-state index contributed by atoms with van der Waals surface area (Å²) in [4.78, 5) is 12.4. The van der Waals surface area contributed by atoms with Crippen LogP contribution in [0.25, 0.3) is 0 Å². The van der Waals surface area contributed by atoms with E-state index in [1.165, 1.54) is 5.56 Å². The number of aromatic nitrogens is 3. The fourth-order valence-electron chi connectivity index (χ4n) is 1.39. The molecular formula is C12H14N4S. The van der Waals surface area contributed by atoms with Gasteiger partial charge in [-0.05, 0) is 24.0 Å². The van der Waals surface area contributed by atoms with Crippen molar-refractivity contribution in [2.75, 3.05) is 6.26 Å². The number of pyridine rings is 1. The van der Waals surface area contributed by atoms with Crippen molar-refractivity contribution in [3.63, 3.8) is 0 Å². The molecule has 0 unspecified atom stereocenters. The first-order valence-electron chi connectivity index (χ1n) is 5.33. The Morgan fingerprint density at radius 2 is 1.71 bits per heavy atom. The van der Waals surface area contributed by atoms with Crippen molar-refractivity contribution in [1.82, 2.24) is 20.3 Å². The Bertz CT molecular complexity index is 444. The van der Waals surface area contributed by atoms with Crippen LogP contribution in [-0.4, -0.2) is 21.2 Å². The summed E-state index contributed by atoms with van der Waals surface area (Å²) in [6, 6.07) is 4.00. The Morgan fingerprint density at radius 1 is 1.06 bits per heavy atom. The van der Waals surface area contributed by atoms with E-state index >= 15 is 0 Å². The van der Waals surface area contributed by atoms with Crippen LogP contribution in [0.4, 0.5) is 0 Å². The van der Waals surface area contributed by atoms with Gasteiger partial charge in [-0.15, -0.1) is 0 Å². The van der Waals surface area contributed by atoms with Gasteiger partial charge in [0.05, 0.1) is 0 Å². The highest BCUT2D eigenvalue weighted by atomic mass is 32.2. The third-order valence-electron chi connectivity index (χ3n) is 2.27. The molecule has 2 rings (SSSR count). The van der Waals surface area contributed by atoms with Crippen LogP contribution in [0.2, 0.25) is 0 Å². The van der Waals surface area contributed by atoms with Crippen molar-refractivity contribution in [2.24, 2.45) is 0 Å². The molecule has 4 nitrogen and oxygen atoms in total. The summed E-state index contributed by atoms with van der Waals surface area (Å²) < 4.78 is 0. The molecule has 88 valence electrons. The van der Waals surface area contributed by atoms with E-state index in [0.717, 1.165) is 23.8 Å². The number of thioether (sulfide) groups is 1. The minimum atomic E-state index is 0.775. The second kappa shape index (κ2) is 6.32. The van der Waals surface area contributed by atoms with Gasteiger partial charge in [0.15, 0.2) is 5.16 Å². The highest BCUT2D eigenvalue weighted by Crippen LogP contribution is 2.06. The van der Waals surface area contributed by atoms with E-state index in [0.29, 0.717) is 0 Å². The quantitative estimate of drug-likeness (QED) is 0.645. The summed E-state index contributed by atoms with van der Waals surface area (Å²) in [7, 11) is 0. The van der Waals surface area contributed by atoms with Crippen molar-refractivity contribution in [1.29, 1.82) is 0 Å².